The number of piperazine rings is 1. The van der Waals surface area contributed by atoms with Gasteiger partial charge in [-0.1, -0.05) is 0 Å². The van der Waals surface area contributed by atoms with E-state index in [1.54, 1.807) is 11.6 Å². The highest BCUT2D eigenvalue weighted by Gasteiger charge is 2.22. The molecule has 0 spiro atoms. The number of carbonyl (C=O) groups is 1. The summed E-state index contributed by atoms with van der Waals surface area (Å²) < 4.78 is 1.57. The van der Waals surface area contributed by atoms with Crippen molar-refractivity contribution < 1.29 is 9.90 Å². The molecule has 2 aromatic rings. The van der Waals surface area contributed by atoms with Crippen LogP contribution in [0.5, 0.6) is 0 Å². The highest BCUT2D eigenvalue weighted by atomic mass is 16.4. The highest BCUT2D eigenvalue weighted by Crippen LogP contribution is 2.16. The number of aryl methyl sites for hydroxylation is 1. The average molecular weight is 331 g/mol. The van der Waals surface area contributed by atoms with Crippen LogP contribution >= 0.6 is 0 Å². The van der Waals surface area contributed by atoms with Gasteiger partial charge in [0.05, 0.1) is 5.39 Å². The van der Waals surface area contributed by atoms with Crippen LogP contribution in [0.3, 0.4) is 0 Å². The van der Waals surface area contributed by atoms with E-state index in [1.807, 2.05) is 0 Å². The summed E-state index contributed by atoms with van der Waals surface area (Å²) in [5.74, 6) is -0.671. The standard InChI is InChI=1S/C16H21N5O3/c1-10(2)20-4-6-21(7-5-20)16-17-8-11-13(22)12(15(23)24)9-19(3)14(11)18-16/h8-10H,4-7H2,1-3H3,(H,23,24). The normalized spacial score (nSPS) is 16.1. The van der Waals surface area contributed by atoms with Crippen molar-refractivity contribution >= 4 is 23.0 Å². The quantitative estimate of drug-likeness (QED) is 0.878. The molecule has 8 heteroatoms. The summed E-state index contributed by atoms with van der Waals surface area (Å²) in [5, 5.41) is 9.33. The first-order valence-corrected chi connectivity index (χ1v) is 7.97. The van der Waals surface area contributed by atoms with Gasteiger partial charge in [0.1, 0.15) is 11.2 Å². The van der Waals surface area contributed by atoms with E-state index in [2.05, 4.69) is 33.6 Å². The summed E-state index contributed by atoms with van der Waals surface area (Å²) in [6, 6.07) is 0.514. The van der Waals surface area contributed by atoms with E-state index in [0.29, 0.717) is 17.6 Å². The van der Waals surface area contributed by atoms with Crippen molar-refractivity contribution in [1.82, 2.24) is 19.4 Å². The number of aromatic carboxylic acids is 1. The summed E-state index contributed by atoms with van der Waals surface area (Å²) in [6.45, 7) is 7.89. The summed E-state index contributed by atoms with van der Waals surface area (Å²) in [7, 11) is 1.68. The number of anilines is 1. The van der Waals surface area contributed by atoms with Crippen molar-refractivity contribution in [2.24, 2.45) is 7.05 Å². The van der Waals surface area contributed by atoms with Crippen molar-refractivity contribution in [3.05, 3.63) is 28.2 Å². The van der Waals surface area contributed by atoms with Crippen molar-refractivity contribution in [3.8, 4) is 0 Å². The van der Waals surface area contributed by atoms with Gasteiger partial charge in [-0.15, -0.1) is 0 Å². The Labute approximate surface area is 139 Å². The second kappa shape index (κ2) is 6.20. The van der Waals surface area contributed by atoms with E-state index in [1.165, 1.54) is 12.4 Å². The lowest BCUT2D eigenvalue weighted by Gasteiger charge is -2.36. The highest BCUT2D eigenvalue weighted by molar-refractivity contribution is 5.91. The van der Waals surface area contributed by atoms with Gasteiger partial charge in [0.2, 0.25) is 11.4 Å². The molecule has 0 unspecified atom stereocenters. The number of fused-ring (bicyclic) bond motifs is 1. The zero-order valence-electron chi connectivity index (χ0n) is 14.1. The summed E-state index contributed by atoms with van der Waals surface area (Å²) in [5.41, 5.74) is -0.375. The first-order valence-electron chi connectivity index (χ1n) is 7.97. The molecule has 1 N–H and O–H groups in total. The zero-order valence-corrected chi connectivity index (χ0v) is 14.1. The molecule has 0 saturated carbocycles. The summed E-state index contributed by atoms with van der Waals surface area (Å²) in [6.07, 6.45) is 2.74. The van der Waals surface area contributed by atoms with Crippen molar-refractivity contribution in [2.45, 2.75) is 19.9 Å². The largest absolute Gasteiger partial charge is 0.477 e. The minimum absolute atomic E-state index is 0.224. The fraction of sp³-hybridized carbons (Fsp3) is 0.500. The molecule has 0 atom stereocenters. The Morgan fingerprint density at radius 1 is 1.25 bits per heavy atom. The van der Waals surface area contributed by atoms with Crippen LogP contribution in [0.2, 0.25) is 0 Å². The first kappa shape index (κ1) is 16.4. The predicted octanol–water partition coefficient (Wildman–Crippen LogP) is 0.557. The Morgan fingerprint density at radius 3 is 2.50 bits per heavy atom. The van der Waals surface area contributed by atoms with Gasteiger partial charge in [-0.2, -0.15) is 4.98 Å². The van der Waals surface area contributed by atoms with E-state index in [-0.39, 0.29) is 10.9 Å². The van der Waals surface area contributed by atoms with Gasteiger partial charge in [0.25, 0.3) is 0 Å². The lowest BCUT2D eigenvalue weighted by Crippen LogP contribution is -2.49. The fourth-order valence-electron chi connectivity index (χ4n) is 2.99. The summed E-state index contributed by atoms with van der Waals surface area (Å²) in [4.78, 5) is 36.7. The van der Waals surface area contributed by atoms with E-state index >= 15 is 0 Å². The molecule has 3 heterocycles. The fourth-order valence-corrected chi connectivity index (χ4v) is 2.99. The third-order valence-electron chi connectivity index (χ3n) is 4.46. The van der Waals surface area contributed by atoms with Crippen LogP contribution in [0, 0.1) is 0 Å². The second-order valence-corrected chi connectivity index (χ2v) is 6.31. The lowest BCUT2D eigenvalue weighted by molar-refractivity contribution is 0.0695. The second-order valence-electron chi connectivity index (χ2n) is 6.31. The minimum Gasteiger partial charge on any atom is -0.477 e. The molecule has 8 nitrogen and oxygen atoms in total. The number of hydrogen-bond donors (Lipinski definition) is 1. The van der Waals surface area contributed by atoms with E-state index in [4.69, 9.17) is 5.11 Å². The number of carboxylic acid groups (broad SMARTS) is 1. The molecular formula is C16H21N5O3. The maximum atomic E-state index is 12.2. The van der Waals surface area contributed by atoms with Crippen LogP contribution in [0.4, 0.5) is 5.95 Å². The van der Waals surface area contributed by atoms with Crippen LogP contribution < -0.4 is 10.3 Å². The predicted molar refractivity (Wildman–Crippen MR) is 90.7 cm³/mol. The molecule has 0 aromatic carbocycles. The minimum atomic E-state index is -1.24. The van der Waals surface area contributed by atoms with Crippen LogP contribution in [0.25, 0.3) is 11.0 Å². The van der Waals surface area contributed by atoms with E-state index in [9.17, 15) is 9.59 Å². The van der Waals surface area contributed by atoms with Gasteiger partial charge < -0.3 is 14.6 Å². The maximum absolute atomic E-state index is 12.2. The molecule has 1 aliphatic rings. The topological polar surface area (TPSA) is 91.6 Å². The Morgan fingerprint density at radius 2 is 1.92 bits per heavy atom. The zero-order chi connectivity index (χ0) is 17.4. The number of rotatable bonds is 3. The maximum Gasteiger partial charge on any atom is 0.341 e. The van der Waals surface area contributed by atoms with Crippen molar-refractivity contribution in [1.29, 1.82) is 0 Å². The molecular weight excluding hydrogens is 310 g/mol. The molecule has 128 valence electrons. The SMILES string of the molecule is CC(C)N1CCN(c2ncc3c(=O)c(C(=O)O)cn(C)c3n2)CC1. The van der Waals surface area contributed by atoms with Crippen LogP contribution in [0.1, 0.15) is 24.2 Å². The first-order chi connectivity index (χ1) is 11.4. The third kappa shape index (κ3) is 2.84. The number of hydrogen-bond acceptors (Lipinski definition) is 6. The van der Waals surface area contributed by atoms with Gasteiger partial charge in [-0.25, -0.2) is 9.78 Å². The van der Waals surface area contributed by atoms with E-state index < -0.39 is 11.4 Å². The van der Waals surface area contributed by atoms with Crippen molar-refractivity contribution in [3.63, 3.8) is 0 Å². The van der Waals surface area contributed by atoms with Gasteiger partial charge in [-0.3, -0.25) is 9.69 Å². The number of aromatic nitrogens is 3. The van der Waals surface area contributed by atoms with Gasteiger partial charge >= 0.3 is 5.97 Å². The van der Waals surface area contributed by atoms with Crippen LogP contribution in [0.15, 0.2) is 17.2 Å². The molecule has 2 aromatic heterocycles. The Kier molecular flexibility index (Phi) is 4.23. The van der Waals surface area contributed by atoms with E-state index in [0.717, 1.165) is 26.2 Å². The molecule has 0 radical (unpaired) electrons. The molecule has 1 aliphatic heterocycles. The number of carboxylic acids is 1. The van der Waals surface area contributed by atoms with Crippen molar-refractivity contribution in [2.75, 3.05) is 31.1 Å². The number of nitrogens with zero attached hydrogens (tertiary/aromatic N) is 5. The van der Waals surface area contributed by atoms with Crippen LogP contribution in [-0.2, 0) is 7.05 Å². The molecule has 24 heavy (non-hydrogen) atoms. The van der Waals surface area contributed by atoms with Gasteiger partial charge in [-0.05, 0) is 13.8 Å². The van der Waals surface area contributed by atoms with Gasteiger partial charge in [0.15, 0.2) is 0 Å². The smallest absolute Gasteiger partial charge is 0.341 e. The Balaban J connectivity index is 1.95. The monoisotopic (exact) mass is 331 g/mol. The molecule has 0 aliphatic carbocycles. The van der Waals surface area contributed by atoms with Gasteiger partial charge in [0, 0.05) is 51.7 Å². The Hall–Kier alpha value is -2.48. The Bertz CT molecular complexity index is 837. The molecule has 0 bridgehead atoms. The lowest BCUT2D eigenvalue weighted by atomic mass is 10.2. The summed E-state index contributed by atoms with van der Waals surface area (Å²) >= 11 is 0. The third-order valence-corrected chi connectivity index (χ3v) is 4.46. The molecule has 1 fully saturated rings. The molecule has 3 rings (SSSR count). The molecule has 1 saturated heterocycles. The van der Waals surface area contributed by atoms with Crippen LogP contribution in [-0.4, -0.2) is 62.7 Å². The average Bonchev–Trinajstić information content (AvgIpc) is 2.57. The number of pyridine rings is 1. The molecule has 0 amide bonds.